The smallest absolute Gasteiger partial charge is 0.310 e. The first kappa shape index (κ1) is 11.6. The van der Waals surface area contributed by atoms with Crippen LogP contribution in [0.25, 0.3) is 0 Å². The van der Waals surface area contributed by atoms with Crippen LogP contribution in [-0.2, 0) is 16.0 Å². The maximum atomic E-state index is 11.5. The van der Waals surface area contributed by atoms with Crippen molar-refractivity contribution in [2.75, 3.05) is 7.11 Å². The fraction of sp³-hybridized carbons (Fsp3) is 0.417. The molecule has 0 bridgehead atoms. The fourth-order valence-electron chi connectivity index (χ4n) is 2.24. The standard InChI is InChI=1S/C12H14BrNO2/c1-16-12(15)10-4-2-7-6-8(13)3-5-9(7)11(10)14/h3,5-6,10-11H,2,4,14H2,1H3. The normalized spacial score (nSPS) is 23.7. The minimum atomic E-state index is -0.246. The second-order valence-electron chi connectivity index (χ2n) is 4.04. The number of benzene rings is 1. The monoisotopic (exact) mass is 283 g/mol. The van der Waals surface area contributed by atoms with Crippen molar-refractivity contribution in [3.05, 3.63) is 33.8 Å². The first-order valence-electron chi connectivity index (χ1n) is 5.25. The van der Waals surface area contributed by atoms with E-state index in [-0.39, 0.29) is 17.9 Å². The number of nitrogens with two attached hydrogens (primary N) is 1. The van der Waals surface area contributed by atoms with E-state index < -0.39 is 0 Å². The van der Waals surface area contributed by atoms with Gasteiger partial charge in [-0.25, -0.2) is 0 Å². The third kappa shape index (κ3) is 1.99. The second-order valence-corrected chi connectivity index (χ2v) is 4.95. The topological polar surface area (TPSA) is 52.3 Å². The molecule has 2 atom stereocenters. The van der Waals surface area contributed by atoms with Crippen LogP contribution in [0.3, 0.4) is 0 Å². The number of carbonyl (C=O) groups excluding carboxylic acids is 1. The van der Waals surface area contributed by atoms with Gasteiger partial charge >= 0.3 is 5.97 Å². The molecular formula is C12H14BrNO2. The second kappa shape index (κ2) is 4.55. The molecule has 3 nitrogen and oxygen atoms in total. The molecule has 0 aromatic heterocycles. The third-order valence-corrected chi connectivity index (χ3v) is 3.62. The summed E-state index contributed by atoms with van der Waals surface area (Å²) in [6.45, 7) is 0. The third-order valence-electron chi connectivity index (χ3n) is 3.13. The van der Waals surface area contributed by atoms with Crippen molar-refractivity contribution >= 4 is 21.9 Å². The van der Waals surface area contributed by atoms with Crippen LogP contribution in [0.15, 0.2) is 22.7 Å². The van der Waals surface area contributed by atoms with Crippen LogP contribution in [0, 0.1) is 5.92 Å². The van der Waals surface area contributed by atoms with Crippen LogP contribution < -0.4 is 5.73 Å². The SMILES string of the molecule is COC(=O)C1CCc2cc(Br)ccc2C1N. The Morgan fingerprint density at radius 1 is 1.56 bits per heavy atom. The number of hydrogen-bond acceptors (Lipinski definition) is 3. The van der Waals surface area contributed by atoms with Crippen LogP contribution in [-0.4, -0.2) is 13.1 Å². The average molecular weight is 284 g/mol. The Labute approximate surface area is 103 Å². The van der Waals surface area contributed by atoms with Crippen molar-refractivity contribution < 1.29 is 9.53 Å². The Balaban J connectivity index is 2.32. The zero-order valence-electron chi connectivity index (χ0n) is 9.07. The van der Waals surface area contributed by atoms with Crippen molar-refractivity contribution in [3.63, 3.8) is 0 Å². The van der Waals surface area contributed by atoms with Gasteiger partial charge in [0.1, 0.15) is 0 Å². The van der Waals surface area contributed by atoms with Crippen molar-refractivity contribution in [2.24, 2.45) is 11.7 Å². The number of methoxy groups -OCH3 is 1. The average Bonchev–Trinajstić information content (AvgIpc) is 2.28. The maximum absolute atomic E-state index is 11.5. The molecule has 2 unspecified atom stereocenters. The summed E-state index contributed by atoms with van der Waals surface area (Å²) in [5.41, 5.74) is 8.39. The largest absolute Gasteiger partial charge is 0.469 e. The van der Waals surface area contributed by atoms with E-state index in [2.05, 4.69) is 22.0 Å². The van der Waals surface area contributed by atoms with Crippen molar-refractivity contribution in [3.8, 4) is 0 Å². The number of esters is 1. The molecule has 0 fully saturated rings. The highest BCUT2D eigenvalue weighted by Gasteiger charge is 2.32. The lowest BCUT2D eigenvalue weighted by Crippen LogP contribution is -2.33. The van der Waals surface area contributed by atoms with E-state index in [1.807, 2.05) is 12.1 Å². The summed E-state index contributed by atoms with van der Waals surface area (Å²) in [4.78, 5) is 11.5. The molecule has 1 aliphatic carbocycles. The maximum Gasteiger partial charge on any atom is 0.310 e. The molecule has 0 aliphatic heterocycles. The highest BCUT2D eigenvalue weighted by molar-refractivity contribution is 9.10. The van der Waals surface area contributed by atoms with E-state index in [0.717, 1.165) is 22.9 Å². The van der Waals surface area contributed by atoms with E-state index in [4.69, 9.17) is 10.5 Å². The van der Waals surface area contributed by atoms with Gasteiger partial charge in [0.15, 0.2) is 0 Å². The Kier molecular flexibility index (Phi) is 3.30. The number of fused-ring (bicyclic) bond motifs is 1. The van der Waals surface area contributed by atoms with Crippen molar-refractivity contribution in [2.45, 2.75) is 18.9 Å². The van der Waals surface area contributed by atoms with Gasteiger partial charge in [-0.05, 0) is 36.1 Å². The molecule has 16 heavy (non-hydrogen) atoms. The minimum absolute atomic E-state index is 0.207. The fourth-order valence-corrected chi connectivity index (χ4v) is 2.65. The van der Waals surface area contributed by atoms with E-state index in [0.29, 0.717) is 0 Å². The highest BCUT2D eigenvalue weighted by Crippen LogP contribution is 2.34. The lowest BCUT2D eigenvalue weighted by Gasteiger charge is -2.29. The molecule has 1 aliphatic rings. The van der Waals surface area contributed by atoms with Gasteiger partial charge < -0.3 is 10.5 Å². The zero-order chi connectivity index (χ0) is 11.7. The number of ether oxygens (including phenoxy) is 1. The van der Waals surface area contributed by atoms with Crippen LogP contribution in [0.4, 0.5) is 0 Å². The molecule has 2 rings (SSSR count). The summed E-state index contributed by atoms with van der Waals surface area (Å²) in [5.74, 6) is -0.417. The number of aryl methyl sites for hydroxylation is 1. The molecule has 0 amide bonds. The number of hydrogen-bond donors (Lipinski definition) is 1. The molecule has 1 aromatic rings. The van der Waals surface area contributed by atoms with Crippen molar-refractivity contribution in [1.82, 2.24) is 0 Å². The first-order valence-corrected chi connectivity index (χ1v) is 6.04. The highest BCUT2D eigenvalue weighted by atomic mass is 79.9. The lowest BCUT2D eigenvalue weighted by atomic mass is 9.80. The van der Waals surface area contributed by atoms with Gasteiger partial charge in [0.05, 0.1) is 13.0 Å². The number of carbonyl (C=O) groups is 1. The van der Waals surface area contributed by atoms with E-state index in [1.165, 1.54) is 12.7 Å². The predicted octanol–water partition coefficient (Wildman–Crippen LogP) is 2.18. The van der Waals surface area contributed by atoms with Gasteiger partial charge in [0.25, 0.3) is 0 Å². The molecule has 0 radical (unpaired) electrons. The Hall–Kier alpha value is -0.870. The van der Waals surface area contributed by atoms with Crippen LogP contribution >= 0.6 is 15.9 Å². The molecule has 4 heteroatoms. The summed E-state index contributed by atoms with van der Waals surface area (Å²) in [7, 11) is 1.41. The first-order chi connectivity index (χ1) is 7.63. The van der Waals surface area contributed by atoms with Gasteiger partial charge in [0, 0.05) is 10.5 Å². The molecule has 0 saturated carbocycles. The molecular weight excluding hydrogens is 270 g/mol. The van der Waals surface area contributed by atoms with Crippen molar-refractivity contribution in [1.29, 1.82) is 0 Å². The van der Waals surface area contributed by atoms with Crippen LogP contribution in [0.1, 0.15) is 23.6 Å². The Morgan fingerprint density at radius 2 is 2.31 bits per heavy atom. The van der Waals surface area contributed by atoms with Gasteiger partial charge in [-0.3, -0.25) is 4.79 Å². The van der Waals surface area contributed by atoms with Crippen LogP contribution in [0.5, 0.6) is 0 Å². The summed E-state index contributed by atoms with van der Waals surface area (Å²) >= 11 is 3.44. The van der Waals surface area contributed by atoms with Gasteiger partial charge in [-0.15, -0.1) is 0 Å². The molecule has 0 spiro atoms. The predicted molar refractivity (Wildman–Crippen MR) is 64.9 cm³/mol. The molecule has 0 saturated heterocycles. The summed E-state index contributed by atoms with van der Waals surface area (Å²) in [5, 5.41) is 0. The molecule has 1 aromatic carbocycles. The van der Waals surface area contributed by atoms with Gasteiger partial charge in [-0.1, -0.05) is 22.0 Å². The zero-order valence-corrected chi connectivity index (χ0v) is 10.7. The molecule has 0 heterocycles. The number of halogens is 1. The quantitative estimate of drug-likeness (QED) is 0.804. The summed E-state index contributed by atoms with van der Waals surface area (Å²) in [6.07, 6.45) is 1.64. The summed E-state index contributed by atoms with van der Waals surface area (Å²) in [6, 6.07) is 5.77. The van der Waals surface area contributed by atoms with Gasteiger partial charge in [0.2, 0.25) is 0 Å². The van der Waals surface area contributed by atoms with Gasteiger partial charge in [-0.2, -0.15) is 0 Å². The number of rotatable bonds is 1. The Bertz CT molecular complexity index is 419. The molecule has 2 N–H and O–H groups in total. The minimum Gasteiger partial charge on any atom is -0.469 e. The molecule has 86 valence electrons. The summed E-state index contributed by atoms with van der Waals surface area (Å²) < 4.78 is 5.82. The Morgan fingerprint density at radius 3 is 3.00 bits per heavy atom. The van der Waals surface area contributed by atoms with E-state index in [1.54, 1.807) is 0 Å². The van der Waals surface area contributed by atoms with E-state index >= 15 is 0 Å². The lowest BCUT2D eigenvalue weighted by molar-refractivity contribution is -0.146. The van der Waals surface area contributed by atoms with Crippen LogP contribution in [0.2, 0.25) is 0 Å². The van der Waals surface area contributed by atoms with E-state index in [9.17, 15) is 4.79 Å².